The van der Waals surface area contributed by atoms with Crippen LogP contribution in [0, 0.1) is 0 Å². The van der Waals surface area contributed by atoms with Crippen molar-refractivity contribution in [2.24, 2.45) is 5.73 Å². The van der Waals surface area contributed by atoms with Crippen molar-refractivity contribution >= 4 is 0 Å². The van der Waals surface area contributed by atoms with Gasteiger partial charge in [0.2, 0.25) is 0 Å². The van der Waals surface area contributed by atoms with E-state index in [2.05, 4.69) is 22.2 Å². The molecule has 0 atom stereocenters. The molecule has 0 spiro atoms. The maximum Gasteiger partial charge on any atom is 0.138 e. The van der Waals surface area contributed by atoms with Crippen LogP contribution in [0.2, 0.25) is 0 Å². The SMILES string of the molecule is NC1(c2ccc(-n3cncn3)cc2)CCC1. The molecular weight excluding hydrogens is 200 g/mol. The number of rotatable bonds is 2. The van der Waals surface area contributed by atoms with E-state index in [9.17, 15) is 0 Å². The molecular formula is C12H14N4. The largest absolute Gasteiger partial charge is 0.321 e. The topological polar surface area (TPSA) is 56.7 Å². The molecule has 0 amide bonds. The molecule has 16 heavy (non-hydrogen) atoms. The van der Waals surface area contributed by atoms with E-state index in [1.54, 1.807) is 11.0 Å². The number of benzene rings is 1. The summed E-state index contributed by atoms with van der Waals surface area (Å²) in [7, 11) is 0. The zero-order valence-corrected chi connectivity index (χ0v) is 9.00. The molecule has 2 N–H and O–H groups in total. The van der Waals surface area contributed by atoms with E-state index in [1.165, 1.54) is 18.3 Å². The Bertz CT molecular complexity index is 468. The van der Waals surface area contributed by atoms with Crippen molar-refractivity contribution in [3.8, 4) is 5.69 Å². The molecule has 1 fully saturated rings. The second kappa shape index (κ2) is 3.42. The van der Waals surface area contributed by atoms with Gasteiger partial charge in [0.25, 0.3) is 0 Å². The summed E-state index contributed by atoms with van der Waals surface area (Å²) in [4.78, 5) is 3.92. The van der Waals surface area contributed by atoms with E-state index in [-0.39, 0.29) is 5.54 Å². The molecule has 2 aromatic rings. The quantitative estimate of drug-likeness (QED) is 0.826. The fourth-order valence-electron chi connectivity index (χ4n) is 2.13. The molecule has 1 aliphatic carbocycles. The molecule has 1 saturated carbocycles. The molecule has 1 aromatic carbocycles. The average Bonchev–Trinajstić information content (AvgIpc) is 2.80. The summed E-state index contributed by atoms with van der Waals surface area (Å²) in [6.45, 7) is 0. The maximum atomic E-state index is 6.26. The van der Waals surface area contributed by atoms with Crippen molar-refractivity contribution in [1.29, 1.82) is 0 Å². The van der Waals surface area contributed by atoms with Gasteiger partial charge in [0.15, 0.2) is 0 Å². The molecule has 0 aliphatic heterocycles. The van der Waals surface area contributed by atoms with E-state index in [4.69, 9.17) is 5.73 Å². The zero-order chi connectivity index (χ0) is 11.0. The lowest BCUT2D eigenvalue weighted by Gasteiger charge is -2.38. The number of nitrogens with zero attached hydrogens (tertiary/aromatic N) is 3. The van der Waals surface area contributed by atoms with Gasteiger partial charge in [0.1, 0.15) is 12.7 Å². The normalized spacial score (nSPS) is 18.1. The Labute approximate surface area is 94.1 Å². The van der Waals surface area contributed by atoms with Crippen LogP contribution in [-0.4, -0.2) is 14.8 Å². The van der Waals surface area contributed by atoms with Crippen LogP contribution in [0.1, 0.15) is 24.8 Å². The fourth-order valence-corrected chi connectivity index (χ4v) is 2.13. The fraction of sp³-hybridized carbons (Fsp3) is 0.333. The summed E-state index contributed by atoms with van der Waals surface area (Å²) >= 11 is 0. The molecule has 0 radical (unpaired) electrons. The molecule has 1 aliphatic rings. The highest BCUT2D eigenvalue weighted by Gasteiger charge is 2.33. The third-order valence-electron chi connectivity index (χ3n) is 3.37. The molecule has 4 heteroatoms. The molecule has 4 nitrogen and oxygen atoms in total. The van der Waals surface area contributed by atoms with Crippen molar-refractivity contribution in [2.75, 3.05) is 0 Å². The van der Waals surface area contributed by atoms with Crippen molar-refractivity contribution in [3.05, 3.63) is 42.5 Å². The highest BCUT2D eigenvalue weighted by atomic mass is 15.3. The Morgan fingerprint density at radius 2 is 1.94 bits per heavy atom. The van der Waals surface area contributed by atoms with Crippen molar-refractivity contribution in [2.45, 2.75) is 24.8 Å². The first-order chi connectivity index (χ1) is 7.78. The first-order valence-corrected chi connectivity index (χ1v) is 5.52. The van der Waals surface area contributed by atoms with Crippen LogP contribution >= 0.6 is 0 Å². The maximum absolute atomic E-state index is 6.26. The number of hydrogen-bond donors (Lipinski definition) is 1. The van der Waals surface area contributed by atoms with Gasteiger partial charge in [-0.1, -0.05) is 12.1 Å². The van der Waals surface area contributed by atoms with E-state index in [0.717, 1.165) is 18.5 Å². The monoisotopic (exact) mass is 214 g/mol. The summed E-state index contributed by atoms with van der Waals surface area (Å²) in [6, 6.07) is 8.26. The molecule has 3 rings (SSSR count). The summed E-state index contributed by atoms with van der Waals surface area (Å²) in [5.41, 5.74) is 8.42. The molecule has 1 heterocycles. The molecule has 0 saturated heterocycles. The Hall–Kier alpha value is -1.68. The van der Waals surface area contributed by atoms with Crippen LogP contribution in [-0.2, 0) is 5.54 Å². The van der Waals surface area contributed by atoms with Gasteiger partial charge < -0.3 is 5.73 Å². The van der Waals surface area contributed by atoms with Gasteiger partial charge >= 0.3 is 0 Å². The second-order valence-electron chi connectivity index (χ2n) is 4.40. The van der Waals surface area contributed by atoms with E-state index in [0.29, 0.717) is 0 Å². The van der Waals surface area contributed by atoms with Crippen LogP contribution in [0.5, 0.6) is 0 Å². The summed E-state index contributed by atoms with van der Waals surface area (Å²) < 4.78 is 1.74. The Morgan fingerprint density at radius 1 is 1.19 bits per heavy atom. The Balaban J connectivity index is 1.91. The Morgan fingerprint density at radius 3 is 2.44 bits per heavy atom. The van der Waals surface area contributed by atoms with Crippen molar-refractivity contribution < 1.29 is 0 Å². The highest BCUT2D eigenvalue weighted by Crippen LogP contribution is 2.38. The minimum atomic E-state index is -0.0824. The lowest BCUT2D eigenvalue weighted by atomic mass is 9.73. The van der Waals surface area contributed by atoms with Crippen molar-refractivity contribution in [1.82, 2.24) is 14.8 Å². The van der Waals surface area contributed by atoms with Crippen LogP contribution in [0.4, 0.5) is 0 Å². The summed E-state index contributed by atoms with van der Waals surface area (Å²) in [5, 5.41) is 4.09. The van der Waals surface area contributed by atoms with Crippen LogP contribution in [0.3, 0.4) is 0 Å². The second-order valence-corrected chi connectivity index (χ2v) is 4.40. The molecule has 1 aromatic heterocycles. The van der Waals surface area contributed by atoms with Gasteiger partial charge in [-0.25, -0.2) is 9.67 Å². The zero-order valence-electron chi connectivity index (χ0n) is 9.00. The molecule has 0 unspecified atom stereocenters. The van der Waals surface area contributed by atoms with Gasteiger partial charge in [-0.05, 0) is 37.0 Å². The van der Waals surface area contributed by atoms with E-state index < -0.39 is 0 Å². The minimum absolute atomic E-state index is 0.0824. The van der Waals surface area contributed by atoms with E-state index >= 15 is 0 Å². The van der Waals surface area contributed by atoms with Crippen LogP contribution < -0.4 is 5.73 Å². The smallest absolute Gasteiger partial charge is 0.138 e. The minimum Gasteiger partial charge on any atom is -0.321 e. The van der Waals surface area contributed by atoms with Gasteiger partial charge in [0, 0.05) is 5.54 Å². The van der Waals surface area contributed by atoms with Crippen LogP contribution in [0.15, 0.2) is 36.9 Å². The lowest BCUT2D eigenvalue weighted by molar-refractivity contribution is 0.253. The number of hydrogen-bond acceptors (Lipinski definition) is 3. The predicted octanol–water partition coefficient (Wildman–Crippen LogP) is 1.61. The highest BCUT2D eigenvalue weighted by molar-refractivity contribution is 5.37. The summed E-state index contributed by atoms with van der Waals surface area (Å²) in [5.74, 6) is 0. The van der Waals surface area contributed by atoms with Crippen LogP contribution in [0.25, 0.3) is 5.69 Å². The molecule has 82 valence electrons. The van der Waals surface area contributed by atoms with Gasteiger partial charge in [-0.15, -0.1) is 0 Å². The lowest BCUT2D eigenvalue weighted by Crippen LogP contribution is -2.43. The third-order valence-corrected chi connectivity index (χ3v) is 3.37. The predicted molar refractivity (Wildman–Crippen MR) is 61.1 cm³/mol. The number of nitrogens with two attached hydrogens (primary N) is 1. The Kier molecular flexibility index (Phi) is 2.04. The third kappa shape index (κ3) is 1.42. The number of aromatic nitrogens is 3. The van der Waals surface area contributed by atoms with Gasteiger partial charge in [0.05, 0.1) is 5.69 Å². The van der Waals surface area contributed by atoms with Gasteiger partial charge in [-0.3, -0.25) is 0 Å². The van der Waals surface area contributed by atoms with Gasteiger partial charge in [-0.2, -0.15) is 5.10 Å². The summed E-state index contributed by atoms with van der Waals surface area (Å²) in [6.07, 6.45) is 6.65. The first-order valence-electron chi connectivity index (χ1n) is 5.52. The van der Waals surface area contributed by atoms with E-state index in [1.807, 2.05) is 12.1 Å². The first kappa shape index (κ1) is 9.54. The molecule has 0 bridgehead atoms. The average molecular weight is 214 g/mol. The van der Waals surface area contributed by atoms with Crippen molar-refractivity contribution in [3.63, 3.8) is 0 Å². The standard InChI is InChI=1S/C12H14N4/c13-12(6-1-7-12)10-2-4-11(5-3-10)16-9-14-8-15-16/h2-5,8-9H,1,6-7,13H2.